The number of hydrogen-bond acceptors (Lipinski definition) is 7. The zero-order chi connectivity index (χ0) is 27.5. The number of aliphatic imine (C=N–C) groups is 1. The molecule has 7 nitrogen and oxygen atoms in total. The van der Waals surface area contributed by atoms with Crippen molar-refractivity contribution in [1.29, 1.82) is 0 Å². The van der Waals surface area contributed by atoms with E-state index in [1.165, 1.54) is 14.0 Å². The fourth-order valence-electron chi connectivity index (χ4n) is 6.22. The van der Waals surface area contributed by atoms with Crippen LogP contribution in [0.3, 0.4) is 0 Å². The van der Waals surface area contributed by atoms with E-state index in [2.05, 4.69) is 0 Å². The van der Waals surface area contributed by atoms with Crippen molar-refractivity contribution < 1.29 is 28.6 Å². The summed E-state index contributed by atoms with van der Waals surface area (Å²) < 4.78 is 16.9. The van der Waals surface area contributed by atoms with Crippen LogP contribution in [0.15, 0.2) is 64.8 Å². The first-order valence-corrected chi connectivity index (χ1v) is 13.8. The fourth-order valence-corrected chi connectivity index (χ4v) is 6.22. The zero-order valence-electron chi connectivity index (χ0n) is 22.8. The minimum atomic E-state index is -0.729. The number of rotatable bonds is 6. The summed E-state index contributed by atoms with van der Waals surface area (Å²) in [5.74, 6) is -1.45. The summed E-state index contributed by atoms with van der Waals surface area (Å²) in [6.07, 6.45) is 5.81. The number of nitrogens with zero attached hydrogens (tertiary/aromatic N) is 1. The number of allylic oxidation sites excluding steroid dienone is 2. The second-order valence-electron chi connectivity index (χ2n) is 10.7. The lowest BCUT2D eigenvalue weighted by Crippen LogP contribution is -2.39. The maximum atomic E-state index is 13.8. The quantitative estimate of drug-likeness (QED) is 0.333. The monoisotopic (exact) mass is 529 g/mol. The topological polar surface area (TPSA) is 91.3 Å². The summed E-state index contributed by atoms with van der Waals surface area (Å²) in [5.41, 5.74) is 3.77. The van der Waals surface area contributed by atoms with E-state index >= 15 is 0 Å². The number of carbonyl (C=O) groups is 3. The Morgan fingerprint density at radius 3 is 2.36 bits per heavy atom. The van der Waals surface area contributed by atoms with Gasteiger partial charge in [0.15, 0.2) is 17.3 Å². The van der Waals surface area contributed by atoms with Gasteiger partial charge in [-0.15, -0.1) is 0 Å². The lowest BCUT2D eigenvalue weighted by atomic mass is 9.69. The number of ketones is 1. The van der Waals surface area contributed by atoms with Crippen LogP contribution in [0.25, 0.3) is 0 Å². The molecule has 1 fully saturated rings. The van der Waals surface area contributed by atoms with Crippen LogP contribution >= 0.6 is 0 Å². The van der Waals surface area contributed by atoms with Crippen molar-refractivity contribution in [3.63, 3.8) is 0 Å². The highest BCUT2D eigenvalue weighted by Gasteiger charge is 2.45. The van der Waals surface area contributed by atoms with Crippen LogP contribution in [0.2, 0.25) is 0 Å². The van der Waals surface area contributed by atoms with Crippen molar-refractivity contribution in [2.24, 2.45) is 10.9 Å². The van der Waals surface area contributed by atoms with Crippen molar-refractivity contribution in [1.82, 2.24) is 0 Å². The first-order chi connectivity index (χ1) is 18.9. The molecule has 0 N–H and O–H groups in total. The van der Waals surface area contributed by atoms with Gasteiger partial charge in [0.05, 0.1) is 7.11 Å². The Hall–Kier alpha value is -3.74. The molecule has 3 atom stereocenters. The van der Waals surface area contributed by atoms with E-state index in [-0.39, 0.29) is 29.5 Å². The number of ether oxygens (including phenoxy) is 3. The molecular weight excluding hydrogens is 494 g/mol. The van der Waals surface area contributed by atoms with Crippen molar-refractivity contribution >= 4 is 23.4 Å². The molecule has 2 aliphatic carbocycles. The fraction of sp³-hybridized carbons (Fsp3) is 0.438. The Bertz CT molecular complexity index is 1320. The molecule has 0 spiro atoms. The van der Waals surface area contributed by atoms with Gasteiger partial charge in [0.1, 0.15) is 12.0 Å². The molecular formula is C32H35NO6. The molecule has 2 aromatic carbocycles. The van der Waals surface area contributed by atoms with Crippen LogP contribution in [0.4, 0.5) is 0 Å². The van der Waals surface area contributed by atoms with Gasteiger partial charge >= 0.3 is 11.9 Å². The third-order valence-electron chi connectivity index (χ3n) is 8.05. The molecule has 0 radical (unpaired) electrons. The standard InChI is InChI=1S/C32H35NO6/c1-19-29(32(36)39-24-12-8-5-9-13-24)30(22-14-15-27(38-20(2)34)28(18-22)37-3)31-25(33-19)16-23(17-26(31)35)21-10-6-4-7-11-21/h4,6-7,10-11,14-15,18,23-24,29-30H,5,8-9,12-13,16-17H2,1-3H3/t23-,29?,30-/m1/s1. The van der Waals surface area contributed by atoms with E-state index in [0.29, 0.717) is 29.9 Å². The van der Waals surface area contributed by atoms with Crippen molar-refractivity contribution in [3.8, 4) is 11.5 Å². The molecule has 1 saturated carbocycles. The first-order valence-electron chi connectivity index (χ1n) is 13.8. The highest BCUT2D eigenvalue weighted by atomic mass is 16.6. The van der Waals surface area contributed by atoms with Gasteiger partial charge in [-0.05, 0) is 68.2 Å². The second-order valence-corrected chi connectivity index (χ2v) is 10.7. The summed E-state index contributed by atoms with van der Waals surface area (Å²) in [4.78, 5) is 44.1. The molecule has 1 aliphatic heterocycles. The largest absolute Gasteiger partial charge is 0.493 e. The number of hydrogen-bond donors (Lipinski definition) is 0. The summed E-state index contributed by atoms with van der Waals surface area (Å²) in [6.45, 7) is 3.18. The van der Waals surface area contributed by atoms with Crippen LogP contribution in [0.5, 0.6) is 11.5 Å². The first kappa shape index (κ1) is 26.9. The van der Waals surface area contributed by atoms with Crippen molar-refractivity contribution in [2.75, 3.05) is 7.11 Å². The molecule has 0 aromatic heterocycles. The van der Waals surface area contributed by atoms with Crippen LogP contribution in [-0.2, 0) is 19.1 Å². The van der Waals surface area contributed by atoms with Crippen LogP contribution < -0.4 is 9.47 Å². The molecule has 3 aliphatic rings. The molecule has 0 amide bonds. The van der Waals surface area contributed by atoms with Gasteiger partial charge in [0.25, 0.3) is 0 Å². The van der Waals surface area contributed by atoms with Crippen LogP contribution in [0.1, 0.15) is 81.8 Å². The SMILES string of the molecule is COc1cc([C@H]2C3=C(C[C@@H](c4ccccc4)CC3=O)N=C(C)C2C(=O)OC2CCCCC2)ccc1OC(C)=O. The maximum absolute atomic E-state index is 13.8. The number of carbonyl (C=O) groups excluding carboxylic acids is 3. The Kier molecular flexibility index (Phi) is 7.96. The van der Waals surface area contributed by atoms with Crippen molar-refractivity contribution in [2.45, 2.75) is 76.7 Å². The molecule has 0 bridgehead atoms. The van der Waals surface area contributed by atoms with E-state index in [0.717, 1.165) is 48.9 Å². The van der Waals surface area contributed by atoms with E-state index in [1.54, 1.807) is 18.2 Å². The smallest absolute Gasteiger partial charge is 0.315 e. The predicted octanol–water partition coefficient (Wildman–Crippen LogP) is 6.07. The molecule has 1 unspecified atom stereocenters. The minimum Gasteiger partial charge on any atom is -0.493 e. The Morgan fingerprint density at radius 2 is 1.67 bits per heavy atom. The van der Waals surface area contributed by atoms with Gasteiger partial charge in [-0.25, -0.2) is 0 Å². The van der Waals surface area contributed by atoms with Gasteiger partial charge in [-0.1, -0.05) is 42.8 Å². The van der Waals surface area contributed by atoms with Gasteiger partial charge in [-0.2, -0.15) is 0 Å². The van der Waals surface area contributed by atoms with E-state index < -0.39 is 17.8 Å². The molecule has 7 heteroatoms. The summed E-state index contributed by atoms with van der Waals surface area (Å²) in [7, 11) is 1.50. The minimum absolute atomic E-state index is 0.00940. The summed E-state index contributed by atoms with van der Waals surface area (Å²) >= 11 is 0. The predicted molar refractivity (Wildman–Crippen MR) is 147 cm³/mol. The zero-order valence-corrected chi connectivity index (χ0v) is 22.8. The van der Waals surface area contributed by atoms with Crippen LogP contribution in [-0.4, -0.2) is 36.6 Å². The maximum Gasteiger partial charge on any atom is 0.315 e. The normalized spacial score (nSPS) is 23.5. The van der Waals surface area contributed by atoms with Gasteiger partial charge in [-0.3, -0.25) is 19.4 Å². The average Bonchev–Trinajstić information content (AvgIpc) is 2.93. The summed E-state index contributed by atoms with van der Waals surface area (Å²) in [6, 6.07) is 15.2. The van der Waals surface area contributed by atoms with Gasteiger partial charge < -0.3 is 14.2 Å². The van der Waals surface area contributed by atoms with Gasteiger partial charge in [0, 0.05) is 36.2 Å². The third kappa shape index (κ3) is 5.68. The number of esters is 2. The lowest BCUT2D eigenvalue weighted by Gasteiger charge is -2.37. The Labute approximate surface area is 229 Å². The van der Waals surface area contributed by atoms with E-state index in [4.69, 9.17) is 19.2 Å². The molecule has 1 heterocycles. The Balaban J connectivity index is 1.56. The number of benzene rings is 2. The highest BCUT2D eigenvalue weighted by molar-refractivity contribution is 6.09. The molecule has 0 saturated heterocycles. The number of methoxy groups -OCH3 is 1. The number of Topliss-reactive ketones (excluding diaryl/α,β-unsaturated/α-hetero) is 1. The molecule has 39 heavy (non-hydrogen) atoms. The molecule has 2 aromatic rings. The molecule has 204 valence electrons. The Morgan fingerprint density at radius 1 is 0.923 bits per heavy atom. The third-order valence-corrected chi connectivity index (χ3v) is 8.05. The molecule has 5 rings (SSSR count). The van der Waals surface area contributed by atoms with E-state index in [1.807, 2.05) is 37.3 Å². The van der Waals surface area contributed by atoms with E-state index in [9.17, 15) is 14.4 Å². The lowest BCUT2D eigenvalue weighted by molar-refractivity contribution is -0.153. The summed E-state index contributed by atoms with van der Waals surface area (Å²) in [5, 5.41) is 0. The second kappa shape index (κ2) is 11.6. The highest BCUT2D eigenvalue weighted by Crippen LogP contribution is 2.48. The van der Waals surface area contributed by atoms with Crippen LogP contribution in [0, 0.1) is 5.92 Å². The average molecular weight is 530 g/mol. The van der Waals surface area contributed by atoms with Gasteiger partial charge in [0.2, 0.25) is 0 Å². The van der Waals surface area contributed by atoms with Crippen molar-refractivity contribution in [3.05, 3.63) is 70.9 Å².